The highest BCUT2D eigenvalue weighted by Gasteiger charge is 2.25. The summed E-state index contributed by atoms with van der Waals surface area (Å²) >= 11 is 6.03. The molecule has 132 valence electrons. The minimum atomic E-state index is -1.15. The number of hydrogen-bond acceptors (Lipinski definition) is 4. The van der Waals surface area contributed by atoms with E-state index in [1.165, 1.54) is 13.2 Å². The Labute approximate surface area is 146 Å². The molecule has 0 aromatic heterocycles. The standard InChI is InChI=1S/C17H22ClNO5/c1-10-3-5-12(24-10)6-8-15(20)19-16(17(21)22)11-4-7-14(23-2)13(18)9-11/h4,7,9-10,12,16H,3,5-6,8H2,1-2H3,(H,19,20)(H,21,22). The molecular weight excluding hydrogens is 334 g/mol. The van der Waals surface area contributed by atoms with Crippen molar-refractivity contribution >= 4 is 23.5 Å². The summed E-state index contributed by atoms with van der Waals surface area (Å²) in [6.45, 7) is 2.01. The van der Waals surface area contributed by atoms with E-state index in [0.717, 1.165) is 12.8 Å². The van der Waals surface area contributed by atoms with E-state index in [9.17, 15) is 14.7 Å². The van der Waals surface area contributed by atoms with Gasteiger partial charge in [0.15, 0.2) is 6.04 Å². The van der Waals surface area contributed by atoms with E-state index in [-0.39, 0.29) is 24.5 Å². The molecule has 1 fully saturated rings. The van der Waals surface area contributed by atoms with Gasteiger partial charge in [-0.1, -0.05) is 17.7 Å². The largest absolute Gasteiger partial charge is 0.495 e. The molecule has 1 saturated heterocycles. The first-order valence-corrected chi connectivity index (χ1v) is 8.29. The molecule has 1 aromatic rings. The summed E-state index contributed by atoms with van der Waals surface area (Å²) in [6, 6.07) is 3.49. The van der Waals surface area contributed by atoms with Crippen molar-refractivity contribution < 1.29 is 24.2 Å². The van der Waals surface area contributed by atoms with Gasteiger partial charge < -0.3 is 19.9 Å². The Morgan fingerprint density at radius 2 is 2.21 bits per heavy atom. The second-order valence-corrected chi connectivity index (χ2v) is 6.32. The van der Waals surface area contributed by atoms with Crippen molar-refractivity contribution in [3.05, 3.63) is 28.8 Å². The number of carbonyl (C=O) groups excluding carboxylic acids is 1. The minimum Gasteiger partial charge on any atom is -0.495 e. The number of amides is 1. The topological polar surface area (TPSA) is 84.9 Å². The summed E-state index contributed by atoms with van der Waals surface area (Å²) in [5.41, 5.74) is 0.396. The van der Waals surface area contributed by atoms with E-state index in [0.29, 0.717) is 22.8 Å². The Morgan fingerprint density at radius 3 is 2.75 bits per heavy atom. The molecule has 0 bridgehead atoms. The van der Waals surface area contributed by atoms with E-state index in [1.54, 1.807) is 12.1 Å². The molecule has 7 heteroatoms. The molecule has 1 aromatic carbocycles. The highest BCUT2D eigenvalue weighted by atomic mass is 35.5. The SMILES string of the molecule is COc1ccc(C(NC(=O)CCC2CCC(C)O2)C(=O)O)cc1Cl. The van der Waals surface area contributed by atoms with Crippen molar-refractivity contribution in [2.75, 3.05) is 7.11 Å². The number of carbonyl (C=O) groups is 2. The molecule has 3 atom stereocenters. The Bertz CT molecular complexity index is 607. The second kappa shape index (κ2) is 8.35. The highest BCUT2D eigenvalue weighted by molar-refractivity contribution is 6.32. The summed E-state index contributed by atoms with van der Waals surface area (Å²) in [5, 5.41) is 12.2. The fourth-order valence-electron chi connectivity index (χ4n) is 2.77. The van der Waals surface area contributed by atoms with Crippen LogP contribution in [0, 0.1) is 0 Å². The number of rotatable bonds is 7. The van der Waals surface area contributed by atoms with Gasteiger partial charge in [-0.25, -0.2) is 4.79 Å². The molecule has 2 rings (SSSR count). The Morgan fingerprint density at radius 1 is 1.46 bits per heavy atom. The molecule has 0 spiro atoms. The number of carboxylic acid groups (broad SMARTS) is 1. The molecule has 24 heavy (non-hydrogen) atoms. The van der Waals surface area contributed by atoms with Gasteiger partial charge in [0.2, 0.25) is 5.91 Å². The first kappa shape index (κ1) is 18.5. The molecule has 2 N–H and O–H groups in total. The van der Waals surface area contributed by atoms with Crippen LogP contribution < -0.4 is 10.1 Å². The zero-order valence-electron chi connectivity index (χ0n) is 13.8. The third-order valence-electron chi connectivity index (χ3n) is 4.07. The summed E-state index contributed by atoms with van der Waals surface area (Å²) in [5.74, 6) is -1.02. The summed E-state index contributed by atoms with van der Waals surface area (Å²) < 4.78 is 10.7. The fourth-order valence-corrected chi connectivity index (χ4v) is 3.04. The molecule has 1 heterocycles. The lowest BCUT2D eigenvalue weighted by Crippen LogP contribution is -2.34. The predicted octanol–water partition coefficient (Wildman–Crippen LogP) is 2.94. The van der Waals surface area contributed by atoms with Crippen LogP contribution >= 0.6 is 11.6 Å². The van der Waals surface area contributed by atoms with E-state index >= 15 is 0 Å². The zero-order chi connectivity index (χ0) is 17.7. The maximum Gasteiger partial charge on any atom is 0.330 e. The quantitative estimate of drug-likeness (QED) is 0.785. The normalized spacial score (nSPS) is 21.3. The average molecular weight is 356 g/mol. The van der Waals surface area contributed by atoms with Crippen molar-refractivity contribution in [1.82, 2.24) is 5.32 Å². The Kier molecular flexibility index (Phi) is 6.45. The third kappa shape index (κ3) is 4.85. The third-order valence-corrected chi connectivity index (χ3v) is 4.37. The lowest BCUT2D eigenvalue weighted by Gasteiger charge is -2.17. The smallest absolute Gasteiger partial charge is 0.330 e. The van der Waals surface area contributed by atoms with Crippen molar-refractivity contribution in [1.29, 1.82) is 0 Å². The van der Waals surface area contributed by atoms with Gasteiger partial charge in [0.1, 0.15) is 5.75 Å². The molecule has 1 amide bonds. The van der Waals surface area contributed by atoms with Crippen LogP contribution in [0.1, 0.15) is 44.2 Å². The first-order chi connectivity index (χ1) is 11.4. The van der Waals surface area contributed by atoms with Crippen molar-refractivity contribution in [3.63, 3.8) is 0 Å². The van der Waals surface area contributed by atoms with Crippen LogP contribution in [0.3, 0.4) is 0 Å². The van der Waals surface area contributed by atoms with E-state index in [2.05, 4.69) is 5.32 Å². The van der Waals surface area contributed by atoms with Gasteiger partial charge in [-0.2, -0.15) is 0 Å². The van der Waals surface area contributed by atoms with Gasteiger partial charge in [0, 0.05) is 6.42 Å². The molecular formula is C17H22ClNO5. The van der Waals surface area contributed by atoms with Crippen LogP contribution in [0.5, 0.6) is 5.75 Å². The number of halogens is 1. The first-order valence-electron chi connectivity index (χ1n) is 7.91. The van der Waals surface area contributed by atoms with Gasteiger partial charge in [0.25, 0.3) is 0 Å². The van der Waals surface area contributed by atoms with Crippen LogP contribution in [0.25, 0.3) is 0 Å². The van der Waals surface area contributed by atoms with E-state index in [1.807, 2.05) is 6.92 Å². The maximum absolute atomic E-state index is 12.1. The molecule has 1 aliphatic heterocycles. The van der Waals surface area contributed by atoms with E-state index in [4.69, 9.17) is 21.1 Å². The van der Waals surface area contributed by atoms with Crippen LogP contribution in [0.4, 0.5) is 0 Å². The number of benzene rings is 1. The molecule has 0 saturated carbocycles. The minimum absolute atomic E-state index is 0.0736. The van der Waals surface area contributed by atoms with Crippen LogP contribution in [0.2, 0.25) is 5.02 Å². The summed E-state index contributed by atoms with van der Waals surface area (Å²) in [6.07, 6.45) is 3.05. The summed E-state index contributed by atoms with van der Waals surface area (Å²) in [7, 11) is 1.48. The lowest BCUT2D eigenvalue weighted by molar-refractivity contribution is -0.142. The number of ether oxygens (including phenoxy) is 2. The number of aliphatic carboxylic acids is 1. The second-order valence-electron chi connectivity index (χ2n) is 5.92. The number of nitrogens with one attached hydrogen (secondary N) is 1. The Balaban J connectivity index is 1.96. The Hall–Kier alpha value is -1.79. The average Bonchev–Trinajstić information content (AvgIpc) is 2.95. The van der Waals surface area contributed by atoms with Crippen molar-refractivity contribution in [2.24, 2.45) is 0 Å². The molecule has 0 radical (unpaired) electrons. The number of carboxylic acids is 1. The number of methoxy groups -OCH3 is 1. The van der Waals surface area contributed by atoms with Gasteiger partial charge in [-0.15, -0.1) is 0 Å². The van der Waals surface area contributed by atoms with Crippen molar-refractivity contribution in [3.8, 4) is 5.75 Å². The van der Waals surface area contributed by atoms with Crippen LogP contribution in [-0.4, -0.2) is 36.3 Å². The molecule has 0 aliphatic carbocycles. The molecule has 3 unspecified atom stereocenters. The fraction of sp³-hybridized carbons (Fsp3) is 0.529. The van der Waals surface area contributed by atoms with E-state index < -0.39 is 12.0 Å². The lowest BCUT2D eigenvalue weighted by atomic mass is 10.1. The molecule has 6 nitrogen and oxygen atoms in total. The van der Waals surface area contributed by atoms with Gasteiger partial charge in [0.05, 0.1) is 24.3 Å². The molecule has 1 aliphatic rings. The van der Waals surface area contributed by atoms with Crippen molar-refractivity contribution in [2.45, 2.75) is 50.9 Å². The number of hydrogen-bond donors (Lipinski definition) is 2. The van der Waals surface area contributed by atoms with Crippen LogP contribution in [0.15, 0.2) is 18.2 Å². The summed E-state index contributed by atoms with van der Waals surface area (Å²) in [4.78, 5) is 23.6. The monoisotopic (exact) mass is 355 g/mol. The predicted molar refractivity (Wildman–Crippen MR) is 89.3 cm³/mol. The van der Waals surface area contributed by atoms with Gasteiger partial charge in [-0.3, -0.25) is 4.79 Å². The zero-order valence-corrected chi connectivity index (χ0v) is 14.5. The van der Waals surface area contributed by atoms with Gasteiger partial charge in [-0.05, 0) is 43.9 Å². The highest BCUT2D eigenvalue weighted by Crippen LogP contribution is 2.28. The maximum atomic E-state index is 12.1. The van der Waals surface area contributed by atoms with Gasteiger partial charge >= 0.3 is 5.97 Å². The van der Waals surface area contributed by atoms with Crippen LogP contribution in [-0.2, 0) is 14.3 Å².